The molecule has 0 radical (unpaired) electrons. The van der Waals surface area contributed by atoms with E-state index < -0.39 is 0 Å². The van der Waals surface area contributed by atoms with Gasteiger partial charge in [-0.2, -0.15) is 0 Å². The molecule has 0 saturated carbocycles. The molecule has 1 aliphatic rings. The highest BCUT2D eigenvalue weighted by Gasteiger charge is 2.20. The monoisotopic (exact) mass is 337 g/mol. The molecule has 3 aromatic rings. The molecule has 1 N–H and O–H groups in total. The largest absolute Gasteiger partial charge is 0.425 e. The summed E-state index contributed by atoms with van der Waals surface area (Å²) in [5, 5.41) is 11.3. The van der Waals surface area contributed by atoms with Crippen molar-refractivity contribution in [2.24, 2.45) is 0 Å². The summed E-state index contributed by atoms with van der Waals surface area (Å²) in [6, 6.07) is 11.8. The number of aryl methyl sites for hydroxylation is 1. The highest BCUT2D eigenvalue weighted by atomic mass is 19.1. The van der Waals surface area contributed by atoms with E-state index >= 15 is 0 Å². The number of aromatic nitrogens is 2. The van der Waals surface area contributed by atoms with Crippen LogP contribution in [0.2, 0.25) is 0 Å². The summed E-state index contributed by atoms with van der Waals surface area (Å²) in [4.78, 5) is 0. The Balaban J connectivity index is 1.65. The zero-order valence-corrected chi connectivity index (χ0v) is 14.3. The van der Waals surface area contributed by atoms with Crippen LogP contribution >= 0.6 is 0 Å². The lowest BCUT2D eigenvalue weighted by atomic mass is 9.89. The second kappa shape index (κ2) is 6.41. The molecule has 5 heteroatoms. The van der Waals surface area contributed by atoms with Crippen LogP contribution in [0.25, 0.3) is 11.1 Å². The number of hydrogen-bond donors (Lipinski definition) is 1. The Morgan fingerprint density at radius 2 is 1.96 bits per heavy atom. The maximum atomic E-state index is 14.5. The van der Waals surface area contributed by atoms with Gasteiger partial charge >= 0.3 is 0 Å². The number of fused-ring (bicyclic) bond motifs is 1. The first-order valence-corrected chi connectivity index (χ1v) is 8.52. The van der Waals surface area contributed by atoms with Gasteiger partial charge < -0.3 is 9.73 Å². The van der Waals surface area contributed by atoms with Gasteiger partial charge in [-0.25, -0.2) is 4.39 Å². The third-order valence-electron chi connectivity index (χ3n) is 4.68. The Morgan fingerprint density at radius 1 is 1.16 bits per heavy atom. The first-order valence-electron chi connectivity index (χ1n) is 8.52. The van der Waals surface area contributed by atoms with Crippen molar-refractivity contribution in [2.75, 3.05) is 0 Å². The Hall–Kier alpha value is -2.53. The normalized spacial score (nSPS) is 16.7. The van der Waals surface area contributed by atoms with Crippen molar-refractivity contribution < 1.29 is 8.81 Å². The first kappa shape index (κ1) is 16.0. The molecule has 1 aromatic heterocycles. The molecular formula is C20H20FN3O. The topological polar surface area (TPSA) is 51.0 Å². The minimum Gasteiger partial charge on any atom is -0.425 e. The smallest absolute Gasteiger partial charge is 0.220 e. The van der Waals surface area contributed by atoms with Crippen molar-refractivity contribution >= 4 is 0 Å². The van der Waals surface area contributed by atoms with Gasteiger partial charge in [-0.3, -0.25) is 0 Å². The second-order valence-electron chi connectivity index (χ2n) is 6.63. The molecule has 4 rings (SSSR count). The Morgan fingerprint density at radius 3 is 2.68 bits per heavy atom. The predicted molar refractivity (Wildman–Crippen MR) is 93.7 cm³/mol. The van der Waals surface area contributed by atoms with Crippen molar-refractivity contribution in [2.45, 2.75) is 39.3 Å². The summed E-state index contributed by atoms with van der Waals surface area (Å²) in [6.07, 6.45) is 1.51. The van der Waals surface area contributed by atoms with Gasteiger partial charge in [-0.1, -0.05) is 30.3 Å². The number of rotatable bonds is 3. The van der Waals surface area contributed by atoms with Crippen LogP contribution in [0.1, 0.15) is 35.4 Å². The van der Waals surface area contributed by atoms with Gasteiger partial charge in [0, 0.05) is 25.1 Å². The van der Waals surface area contributed by atoms with Crippen LogP contribution in [0.3, 0.4) is 0 Å². The van der Waals surface area contributed by atoms with Crippen LogP contribution < -0.4 is 5.32 Å². The highest BCUT2D eigenvalue weighted by Crippen LogP contribution is 2.32. The summed E-state index contributed by atoms with van der Waals surface area (Å²) >= 11 is 0. The zero-order valence-electron chi connectivity index (χ0n) is 14.3. The molecule has 128 valence electrons. The van der Waals surface area contributed by atoms with E-state index in [1.165, 1.54) is 5.56 Å². The molecule has 0 fully saturated rings. The zero-order chi connectivity index (χ0) is 17.4. The molecule has 0 bridgehead atoms. The van der Waals surface area contributed by atoms with Crippen molar-refractivity contribution in [1.29, 1.82) is 0 Å². The Kier molecular flexibility index (Phi) is 4.09. The fourth-order valence-electron chi connectivity index (χ4n) is 3.42. The predicted octanol–water partition coefficient (Wildman–Crippen LogP) is 3.81. The van der Waals surface area contributed by atoms with Crippen LogP contribution in [0.15, 0.2) is 40.8 Å². The summed E-state index contributed by atoms with van der Waals surface area (Å²) < 4.78 is 20.0. The summed E-state index contributed by atoms with van der Waals surface area (Å²) in [5.41, 5.74) is 4.96. The summed E-state index contributed by atoms with van der Waals surface area (Å²) in [6.45, 7) is 4.63. The molecule has 25 heavy (non-hydrogen) atoms. The molecule has 1 aliphatic heterocycles. The van der Waals surface area contributed by atoms with Crippen LogP contribution in [0, 0.1) is 12.7 Å². The van der Waals surface area contributed by atoms with E-state index in [2.05, 4.69) is 22.4 Å². The van der Waals surface area contributed by atoms with Crippen LogP contribution in [-0.2, 0) is 19.4 Å². The average Bonchev–Trinajstić information content (AvgIpc) is 3.01. The molecule has 0 spiro atoms. The van der Waals surface area contributed by atoms with Gasteiger partial charge in [0.2, 0.25) is 11.8 Å². The van der Waals surface area contributed by atoms with E-state index in [-0.39, 0.29) is 5.82 Å². The van der Waals surface area contributed by atoms with Gasteiger partial charge in [-0.15, -0.1) is 10.2 Å². The van der Waals surface area contributed by atoms with Gasteiger partial charge in [0.25, 0.3) is 0 Å². The number of halogens is 1. The van der Waals surface area contributed by atoms with E-state index in [0.717, 1.165) is 23.1 Å². The minimum atomic E-state index is -0.171. The molecular weight excluding hydrogens is 317 g/mol. The maximum absolute atomic E-state index is 14.5. The van der Waals surface area contributed by atoms with Gasteiger partial charge in [0.1, 0.15) is 5.82 Å². The average molecular weight is 337 g/mol. The Bertz CT molecular complexity index is 902. The van der Waals surface area contributed by atoms with Gasteiger partial charge in [0.15, 0.2) is 0 Å². The lowest BCUT2D eigenvalue weighted by Gasteiger charge is -2.26. The van der Waals surface area contributed by atoms with E-state index in [1.807, 2.05) is 30.3 Å². The van der Waals surface area contributed by atoms with Crippen LogP contribution in [-0.4, -0.2) is 16.2 Å². The summed E-state index contributed by atoms with van der Waals surface area (Å²) in [7, 11) is 0. The van der Waals surface area contributed by atoms with Crippen molar-refractivity contribution in [1.82, 2.24) is 15.5 Å². The molecule has 4 nitrogen and oxygen atoms in total. The highest BCUT2D eigenvalue weighted by molar-refractivity contribution is 5.70. The fourth-order valence-corrected chi connectivity index (χ4v) is 3.42. The summed E-state index contributed by atoms with van der Waals surface area (Å²) in [5.74, 6) is 0.980. The van der Waals surface area contributed by atoms with E-state index in [9.17, 15) is 4.39 Å². The standard InChI is InChI=1S/C20H20FN3O/c1-12-9-16-7-8-18(21)20(17(16)11-22-12)15-5-3-14(4-6-15)10-19-24-23-13(2)25-19/h3-8,12,22H,9-11H2,1-2H3. The van der Waals surface area contributed by atoms with Crippen molar-refractivity contribution in [3.8, 4) is 11.1 Å². The molecule has 0 amide bonds. The maximum Gasteiger partial charge on any atom is 0.220 e. The molecule has 1 unspecified atom stereocenters. The molecule has 1 atom stereocenters. The van der Waals surface area contributed by atoms with Crippen molar-refractivity contribution in [3.63, 3.8) is 0 Å². The molecule has 2 heterocycles. The molecule has 0 saturated heterocycles. The third kappa shape index (κ3) is 3.20. The molecule has 0 aliphatic carbocycles. The quantitative estimate of drug-likeness (QED) is 0.790. The van der Waals surface area contributed by atoms with Crippen LogP contribution in [0.4, 0.5) is 4.39 Å². The first-order chi connectivity index (χ1) is 12.1. The number of hydrogen-bond acceptors (Lipinski definition) is 4. The lowest BCUT2D eigenvalue weighted by Crippen LogP contribution is -2.33. The van der Waals surface area contributed by atoms with E-state index in [0.29, 0.717) is 36.4 Å². The number of benzene rings is 2. The van der Waals surface area contributed by atoms with Crippen LogP contribution in [0.5, 0.6) is 0 Å². The number of nitrogens with zero attached hydrogens (tertiary/aromatic N) is 2. The SMILES string of the molecule is Cc1nnc(Cc2ccc(-c3c(F)ccc4c3CNC(C)C4)cc2)o1. The minimum absolute atomic E-state index is 0.171. The van der Waals surface area contributed by atoms with E-state index in [4.69, 9.17) is 4.42 Å². The second-order valence-corrected chi connectivity index (χ2v) is 6.63. The van der Waals surface area contributed by atoms with E-state index in [1.54, 1.807) is 13.0 Å². The van der Waals surface area contributed by atoms with Crippen molar-refractivity contribution in [3.05, 3.63) is 70.7 Å². The molecule has 2 aromatic carbocycles. The third-order valence-corrected chi connectivity index (χ3v) is 4.68. The van der Waals surface area contributed by atoms with Gasteiger partial charge in [-0.05, 0) is 41.7 Å². The van der Waals surface area contributed by atoms with Gasteiger partial charge in [0.05, 0.1) is 6.42 Å². The lowest BCUT2D eigenvalue weighted by molar-refractivity contribution is 0.477. The fraction of sp³-hybridized carbons (Fsp3) is 0.300. The Labute approximate surface area is 146 Å². The number of nitrogens with one attached hydrogen (secondary N) is 1.